The first-order chi connectivity index (χ1) is 11.7. The SMILES string of the molecule is OC1(c2ccccc2F)C[C@H]2CC[C@@H](C1)N2CCN1CCOCC1. The van der Waals surface area contributed by atoms with Crippen molar-refractivity contribution >= 4 is 0 Å². The Bertz CT molecular complexity index is 562. The van der Waals surface area contributed by atoms with Crippen LogP contribution in [0.3, 0.4) is 0 Å². The summed E-state index contributed by atoms with van der Waals surface area (Å²) in [7, 11) is 0. The van der Waals surface area contributed by atoms with Gasteiger partial charge in [0.05, 0.1) is 18.8 Å². The molecule has 3 aliphatic heterocycles. The van der Waals surface area contributed by atoms with E-state index in [1.165, 1.54) is 6.07 Å². The van der Waals surface area contributed by atoms with Gasteiger partial charge in [-0.25, -0.2) is 4.39 Å². The van der Waals surface area contributed by atoms with Crippen LogP contribution in [0.2, 0.25) is 0 Å². The molecule has 5 heteroatoms. The van der Waals surface area contributed by atoms with E-state index in [0.29, 0.717) is 30.5 Å². The van der Waals surface area contributed by atoms with Crippen LogP contribution in [0.25, 0.3) is 0 Å². The summed E-state index contributed by atoms with van der Waals surface area (Å²) >= 11 is 0. The number of aliphatic hydroxyl groups is 1. The number of rotatable bonds is 4. The fourth-order valence-corrected chi connectivity index (χ4v) is 4.82. The Morgan fingerprint density at radius 1 is 1.08 bits per heavy atom. The van der Waals surface area contributed by atoms with E-state index < -0.39 is 5.60 Å². The van der Waals surface area contributed by atoms with Crippen LogP contribution in [0, 0.1) is 5.82 Å². The molecule has 0 saturated carbocycles. The van der Waals surface area contributed by atoms with Crippen molar-refractivity contribution in [3.05, 3.63) is 35.6 Å². The second-order valence-electron chi connectivity index (χ2n) is 7.50. The first kappa shape index (κ1) is 16.5. The highest BCUT2D eigenvalue weighted by molar-refractivity contribution is 5.26. The highest BCUT2D eigenvalue weighted by Crippen LogP contribution is 2.46. The molecule has 3 aliphatic rings. The maximum Gasteiger partial charge on any atom is 0.129 e. The number of hydrogen-bond acceptors (Lipinski definition) is 4. The Hall–Kier alpha value is -1.01. The Labute approximate surface area is 143 Å². The van der Waals surface area contributed by atoms with Crippen molar-refractivity contribution in [3.63, 3.8) is 0 Å². The first-order valence-corrected chi connectivity index (χ1v) is 9.19. The second kappa shape index (κ2) is 6.71. The Morgan fingerprint density at radius 3 is 2.42 bits per heavy atom. The summed E-state index contributed by atoms with van der Waals surface area (Å²) in [6, 6.07) is 7.46. The van der Waals surface area contributed by atoms with Crippen molar-refractivity contribution in [1.82, 2.24) is 9.80 Å². The molecule has 24 heavy (non-hydrogen) atoms. The lowest BCUT2D eigenvalue weighted by atomic mass is 9.80. The van der Waals surface area contributed by atoms with Gasteiger partial charge >= 0.3 is 0 Å². The van der Waals surface area contributed by atoms with Crippen molar-refractivity contribution in [2.75, 3.05) is 39.4 Å². The van der Waals surface area contributed by atoms with E-state index in [9.17, 15) is 9.50 Å². The molecular weight excluding hydrogens is 307 g/mol. The van der Waals surface area contributed by atoms with Crippen molar-refractivity contribution in [2.45, 2.75) is 43.4 Å². The second-order valence-corrected chi connectivity index (χ2v) is 7.50. The van der Waals surface area contributed by atoms with Gasteiger partial charge in [0.15, 0.2) is 0 Å². The summed E-state index contributed by atoms with van der Waals surface area (Å²) in [6.45, 7) is 5.81. The molecule has 2 bridgehead atoms. The summed E-state index contributed by atoms with van der Waals surface area (Å²) in [5.74, 6) is -0.277. The van der Waals surface area contributed by atoms with Gasteiger partial charge in [0.1, 0.15) is 5.82 Å². The number of fused-ring (bicyclic) bond motifs is 2. The first-order valence-electron chi connectivity index (χ1n) is 9.19. The van der Waals surface area contributed by atoms with Crippen LogP contribution in [0.5, 0.6) is 0 Å². The van der Waals surface area contributed by atoms with Crippen molar-refractivity contribution < 1.29 is 14.2 Å². The summed E-state index contributed by atoms with van der Waals surface area (Å²) < 4.78 is 19.6. The molecule has 0 radical (unpaired) electrons. The average molecular weight is 334 g/mol. The van der Waals surface area contributed by atoms with Crippen LogP contribution >= 0.6 is 0 Å². The molecule has 1 aromatic carbocycles. The molecule has 4 nitrogen and oxygen atoms in total. The van der Waals surface area contributed by atoms with E-state index >= 15 is 0 Å². The molecule has 1 unspecified atom stereocenters. The van der Waals surface area contributed by atoms with Crippen molar-refractivity contribution in [1.29, 1.82) is 0 Å². The lowest BCUT2D eigenvalue weighted by Crippen LogP contribution is -2.52. The van der Waals surface area contributed by atoms with Crippen LogP contribution in [0.1, 0.15) is 31.2 Å². The lowest BCUT2D eigenvalue weighted by molar-refractivity contribution is -0.0622. The minimum atomic E-state index is -1.01. The maximum atomic E-state index is 14.2. The molecular formula is C19H27FN2O2. The number of morpholine rings is 1. The molecule has 1 N–H and O–H groups in total. The van der Waals surface area contributed by atoms with Crippen molar-refractivity contribution in [3.8, 4) is 0 Å². The molecule has 132 valence electrons. The number of halogens is 1. The zero-order chi connectivity index (χ0) is 16.6. The number of ether oxygens (including phenoxy) is 1. The molecule has 3 atom stereocenters. The summed E-state index contributed by atoms with van der Waals surface area (Å²) in [5.41, 5.74) is -0.526. The van der Waals surface area contributed by atoms with Gasteiger partial charge in [-0.2, -0.15) is 0 Å². The highest BCUT2D eigenvalue weighted by atomic mass is 19.1. The van der Waals surface area contributed by atoms with E-state index in [4.69, 9.17) is 4.74 Å². The van der Waals surface area contributed by atoms with E-state index in [2.05, 4.69) is 9.80 Å². The summed E-state index contributed by atoms with van der Waals surface area (Å²) in [4.78, 5) is 5.02. The van der Waals surface area contributed by atoms with Crippen molar-refractivity contribution in [2.24, 2.45) is 0 Å². The number of piperidine rings is 1. The third-order valence-corrected chi connectivity index (χ3v) is 6.07. The van der Waals surface area contributed by atoms with Crippen LogP contribution in [-0.4, -0.2) is 66.4 Å². The zero-order valence-corrected chi connectivity index (χ0v) is 14.2. The molecule has 0 spiro atoms. The fourth-order valence-electron chi connectivity index (χ4n) is 4.82. The van der Waals surface area contributed by atoms with Crippen LogP contribution in [0.4, 0.5) is 4.39 Å². The fraction of sp³-hybridized carbons (Fsp3) is 0.684. The van der Waals surface area contributed by atoms with Gasteiger partial charge in [-0.15, -0.1) is 0 Å². The van der Waals surface area contributed by atoms with Gasteiger partial charge in [0, 0.05) is 43.8 Å². The molecule has 4 rings (SSSR count). The van der Waals surface area contributed by atoms with E-state index in [1.54, 1.807) is 12.1 Å². The van der Waals surface area contributed by atoms with Gasteiger partial charge < -0.3 is 9.84 Å². The minimum absolute atomic E-state index is 0.277. The highest BCUT2D eigenvalue weighted by Gasteiger charge is 2.48. The van der Waals surface area contributed by atoms with Gasteiger partial charge in [-0.3, -0.25) is 9.80 Å². The third-order valence-electron chi connectivity index (χ3n) is 6.07. The third kappa shape index (κ3) is 3.10. The Balaban J connectivity index is 1.42. The quantitative estimate of drug-likeness (QED) is 0.913. The lowest BCUT2D eigenvalue weighted by Gasteiger charge is -2.44. The van der Waals surface area contributed by atoms with Gasteiger partial charge in [-0.05, 0) is 31.7 Å². The van der Waals surface area contributed by atoms with E-state index in [1.807, 2.05) is 6.07 Å². The monoisotopic (exact) mass is 334 g/mol. The predicted molar refractivity (Wildman–Crippen MR) is 90.3 cm³/mol. The molecule has 3 fully saturated rings. The summed E-state index contributed by atoms with van der Waals surface area (Å²) in [6.07, 6.45) is 3.52. The minimum Gasteiger partial charge on any atom is -0.385 e. The molecule has 0 aromatic heterocycles. The molecule has 3 heterocycles. The molecule has 0 aliphatic carbocycles. The smallest absolute Gasteiger partial charge is 0.129 e. The number of benzene rings is 1. The maximum absolute atomic E-state index is 14.2. The predicted octanol–water partition coefficient (Wildman–Crippen LogP) is 1.97. The normalized spacial score (nSPS) is 34.6. The standard InChI is InChI=1S/C19H27FN2O2/c20-18-4-2-1-3-17(18)19(23)13-15-5-6-16(14-19)22(15)8-7-21-9-11-24-12-10-21/h1-4,15-16,23H,5-14H2/t15-,16+,19?. The average Bonchev–Trinajstić information content (AvgIpc) is 2.85. The van der Waals surface area contributed by atoms with Crippen LogP contribution < -0.4 is 0 Å². The summed E-state index contributed by atoms with van der Waals surface area (Å²) in [5, 5.41) is 11.1. The number of hydrogen-bond donors (Lipinski definition) is 1. The van der Waals surface area contributed by atoms with Gasteiger partial charge in [0.2, 0.25) is 0 Å². The van der Waals surface area contributed by atoms with E-state index in [0.717, 1.165) is 52.2 Å². The zero-order valence-electron chi connectivity index (χ0n) is 14.2. The largest absolute Gasteiger partial charge is 0.385 e. The topological polar surface area (TPSA) is 35.9 Å². The van der Waals surface area contributed by atoms with Gasteiger partial charge in [-0.1, -0.05) is 18.2 Å². The van der Waals surface area contributed by atoms with E-state index in [-0.39, 0.29) is 5.82 Å². The van der Waals surface area contributed by atoms with Crippen LogP contribution in [-0.2, 0) is 10.3 Å². The Morgan fingerprint density at radius 2 is 1.75 bits per heavy atom. The molecule has 1 aromatic rings. The van der Waals surface area contributed by atoms with Crippen LogP contribution in [0.15, 0.2) is 24.3 Å². The van der Waals surface area contributed by atoms with Gasteiger partial charge in [0.25, 0.3) is 0 Å². The number of nitrogens with zero attached hydrogens (tertiary/aromatic N) is 2. The Kier molecular flexibility index (Phi) is 4.60. The molecule has 0 amide bonds. The molecule has 3 saturated heterocycles.